The van der Waals surface area contributed by atoms with Crippen LogP contribution in [0.3, 0.4) is 0 Å². The van der Waals surface area contributed by atoms with Crippen LogP contribution >= 0.6 is 24.0 Å². The Hall–Kier alpha value is -0.860. The summed E-state index contributed by atoms with van der Waals surface area (Å²) in [7, 11) is 4.08. The lowest BCUT2D eigenvalue weighted by atomic mass is 10.1. The van der Waals surface area contributed by atoms with Crippen LogP contribution in [0.2, 0.25) is 0 Å². The average Bonchev–Trinajstić information content (AvgIpc) is 3.09. The number of hydrogen-bond donors (Lipinski definition) is 2. The number of aliphatic imine (C=N–C) groups is 1. The molecule has 1 aromatic carbocycles. The van der Waals surface area contributed by atoms with Gasteiger partial charge in [-0.05, 0) is 50.5 Å². The van der Waals surface area contributed by atoms with Crippen molar-refractivity contribution >= 4 is 29.9 Å². The van der Waals surface area contributed by atoms with Crippen molar-refractivity contribution in [3.05, 3.63) is 35.4 Å². The first-order valence-electron chi connectivity index (χ1n) is 10.2. The summed E-state index contributed by atoms with van der Waals surface area (Å²) in [5, 5.41) is 6.99. The van der Waals surface area contributed by atoms with E-state index >= 15 is 0 Å². The SMILES string of the molecule is CN=C(NCc1ccc(CN2CCCN(C)CC2)cc1)NC1CCCC1.I. The molecule has 1 aliphatic carbocycles. The lowest BCUT2D eigenvalue weighted by Gasteiger charge is -2.20. The quantitative estimate of drug-likeness (QED) is 0.383. The molecule has 27 heavy (non-hydrogen) atoms. The fraction of sp³-hybridized carbons (Fsp3) is 0.667. The second kappa shape index (κ2) is 11.9. The topological polar surface area (TPSA) is 42.9 Å². The zero-order valence-electron chi connectivity index (χ0n) is 16.9. The minimum Gasteiger partial charge on any atom is -0.354 e. The highest BCUT2D eigenvalue weighted by molar-refractivity contribution is 14.0. The van der Waals surface area contributed by atoms with Crippen LogP contribution in [-0.2, 0) is 13.1 Å². The zero-order chi connectivity index (χ0) is 18.2. The third-order valence-electron chi connectivity index (χ3n) is 5.62. The molecule has 0 radical (unpaired) electrons. The number of hydrogen-bond acceptors (Lipinski definition) is 3. The van der Waals surface area contributed by atoms with E-state index in [1.165, 1.54) is 69.4 Å². The molecular formula is C21H36IN5. The maximum atomic E-state index is 4.36. The maximum Gasteiger partial charge on any atom is 0.191 e. The normalized spacial score (nSPS) is 20.1. The number of rotatable bonds is 5. The smallest absolute Gasteiger partial charge is 0.191 e. The number of benzene rings is 1. The Kier molecular flexibility index (Phi) is 9.86. The third kappa shape index (κ3) is 7.58. The molecule has 0 unspecified atom stereocenters. The Morgan fingerprint density at radius 2 is 1.70 bits per heavy atom. The third-order valence-corrected chi connectivity index (χ3v) is 5.62. The number of halogens is 1. The molecule has 6 heteroatoms. The van der Waals surface area contributed by atoms with Gasteiger partial charge in [0.05, 0.1) is 0 Å². The second-order valence-corrected chi connectivity index (χ2v) is 7.80. The van der Waals surface area contributed by atoms with Crippen molar-refractivity contribution in [1.29, 1.82) is 0 Å². The molecule has 0 spiro atoms. The van der Waals surface area contributed by atoms with E-state index in [9.17, 15) is 0 Å². The number of nitrogens with one attached hydrogen (secondary N) is 2. The Morgan fingerprint density at radius 3 is 2.41 bits per heavy atom. The van der Waals surface area contributed by atoms with Crippen LogP contribution in [0, 0.1) is 0 Å². The lowest BCUT2D eigenvalue weighted by molar-refractivity contribution is 0.269. The number of likely N-dealkylation sites (N-methyl/N-ethyl adjacent to an activating group) is 1. The van der Waals surface area contributed by atoms with Crippen LogP contribution in [-0.4, -0.2) is 62.1 Å². The standard InChI is InChI=1S/C21H35N5.HI/c1-22-21(24-20-6-3-4-7-20)23-16-18-8-10-19(11-9-18)17-26-13-5-12-25(2)14-15-26;/h8-11,20H,3-7,12-17H2,1-2H3,(H2,22,23,24);1H. The van der Waals surface area contributed by atoms with Crippen molar-refractivity contribution < 1.29 is 0 Å². The predicted molar refractivity (Wildman–Crippen MR) is 125 cm³/mol. The molecule has 2 fully saturated rings. The first-order chi connectivity index (χ1) is 12.7. The molecule has 0 atom stereocenters. The molecule has 0 amide bonds. The average molecular weight is 485 g/mol. The molecule has 1 saturated carbocycles. The van der Waals surface area contributed by atoms with Gasteiger partial charge in [-0.3, -0.25) is 9.89 Å². The van der Waals surface area contributed by atoms with Crippen molar-refractivity contribution in [2.75, 3.05) is 40.3 Å². The van der Waals surface area contributed by atoms with Crippen molar-refractivity contribution in [3.8, 4) is 0 Å². The van der Waals surface area contributed by atoms with Gasteiger partial charge in [0.15, 0.2) is 5.96 Å². The van der Waals surface area contributed by atoms with Gasteiger partial charge in [0, 0.05) is 39.3 Å². The van der Waals surface area contributed by atoms with Crippen molar-refractivity contribution in [2.45, 2.75) is 51.2 Å². The first-order valence-corrected chi connectivity index (χ1v) is 10.2. The summed E-state index contributed by atoms with van der Waals surface area (Å²) < 4.78 is 0. The van der Waals surface area contributed by atoms with Gasteiger partial charge in [-0.1, -0.05) is 37.1 Å². The highest BCUT2D eigenvalue weighted by Gasteiger charge is 2.16. The molecule has 1 aromatic rings. The van der Waals surface area contributed by atoms with Crippen LogP contribution in [0.5, 0.6) is 0 Å². The fourth-order valence-corrected chi connectivity index (χ4v) is 3.92. The second-order valence-electron chi connectivity index (χ2n) is 7.80. The number of nitrogens with zero attached hydrogens (tertiary/aromatic N) is 3. The Balaban J connectivity index is 0.00000261. The van der Waals surface area contributed by atoms with Crippen molar-refractivity contribution in [2.24, 2.45) is 4.99 Å². The van der Waals surface area contributed by atoms with Gasteiger partial charge < -0.3 is 15.5 Å². The zero-order valence-corrected chi connectivity index (χ0v) is 19.2. The summed E-state index contributed by atoms with van der Waals surface area (Å²) in [4.78, 5) is 9.37. The monoisotopic (exact) mass is 485 g/mol. The van der Waals surface area contributed by atoms with Crippen LogP contribution in [0.15, 0.2) is 29.3 Å². The lowest BCUT2D eigenvalue weighted by Crippen LogP contribution is -2.41. The van der Waals surface area contributed by atoms with Crippen molar-refractivity contribution in [3.63, 3.8) is 0 Å². The fourth-order valence-electron chi connectivity index (χ4n) is 3.92. The van der Waals surface area contributed by atoms with E-state index in [1.807, 2.05) is 7.05 Å². The highest BCUT2D eigenvalue weighted by atomic mass is 127. The predicted octanol–water partition coefficient (Wildman–Crippen LogP) is 3.05. The summed E-state index contributed by atoms with van der Waals surface area (Å²) in [6, 6.07) is 9.64. The minimum absolute atomic E-state index is 0. The molecule has 0 bridgehead atoms. The minimum atomic E-state index is 0. The van der Waals surface area contributed by atoms with E-state index in [0.29, 0.717) is 6.04 Å². The molecule has 2 N–H and O–H groups in total. The van der Waals surface area contributed by atoms with Gasteiger partial charge >= 0.3 is 0 Å². The van der Waals surface area contributed by atoms with Gasteiger partial charge in [0.2, 0.25) is 0 Å². The summed E-state index contributed by atoms with van der Waals surface area (Å²) >= 11 is 0. The van der Waals surface area contributed by atoms with Crippen LogP contribution in [0.4, 0.5) is 0 Å². The summed E-state index contributed by atoms with van der Waals surface area (Å²) in [6.45, 7) is 6.65. The molecule has 152 valence electrons. The van der Waals surface area contributed by atoms with Gasteiger partial charge in [0.25, 0.3) is 0 Å². The van der Waals surface area contributed by atoms with E-state index < -0.39 is 0 Å². The van der Waals surface area contributed by atoms with Crippen molar-refractivity contribution in [1.82, 2.24) is 20.4 Å². The van der Waals surface area contributed by atoms with E-state index in [2.05, 4.69) is 56.7 Å². The molecule has 1 aliphatic heterocycles. The Morgan fingerprint density at radius 1 is 1.00 bits per heavy atom. The first kappa shape index (κ1) is 22.4. The van der Waals surface area contributed by atoms with E-state index in [0.717, 1.165) is 19.0 Å². The van der Waals surface area contributed by atoms with Crippen LogP contribution < -0.4 is 10.6 Å². The van der Waals surface area contributed by atoms with E-state index in [1.54, 1.807) is 0 Å². The Bertz CT molecular complexity index is 568. The molecule has 1 saturated heterocycles. The van der Waals surface area contributed by atoms with Gasteiger partial charge in [0.1, 0.15) is 0 Å². The molecule has 3 rings (SSSR count). The van der Waals surface area contributed by atoms with Crippen LogP contribution in [0.25, 0.3) is 0 Å². The summed E-state index contributed by atoms with van der Waals surface area (Å²) in [6.07, 6.45) is 6.47. The highest BCUT2D eigenvalue weighted by Crippen LogP contribution is 2.17. The molecule has 1 heterocycles. The largest absolute Gasteiger partial charge is 0.354 e. The summed E-state index contributed by atoms with van der Waals surface area (Å²) in [5.74, 6) is 0.926. The van der Waals surface area contributed by atoms with Gasteiger partial charge in [-0.15, -0.1) is 24.0 Å². The Labute approximate surface area is 182 Å². The number of guanidine groups is 1. The van der Waals surface area contributed by atoms with Gasteiger partial charge in [-0.25, -0.2) is 0 Å². The summed E-state index contributed by atoms with van der Waals surface area (Å²) in [5.41, 5.74) is 2.71. The van der Waals surface area contributed by atoms with Crippen LogP contribution in [0.1, 0.15) is 43.2 Å². The van der Waals surface area contributed by atoms with Gasteiger partial charge in [-0.2, -0.15) is 0 Å². The molecule has 0 aromatic heterocycles. The van der Waals surface area contributed by atoms with E-state index in [4.69, 9.17) is 0 Å². The maximum absolute atomic E-state index is 4.36. The molecular weight excluding hydrogens is 449 g/mol. The molecule has 2 aliphatic rings. The van der Waals surface area contributed by atoms with E-state index in [-0.39, 0.29) is 24.0 Å². The molecule has 5 nitrogen and oxygen atoms in total.